The fourth-order valence-corrected chi connectivity index (χ4v) is 5.96. The Balaban J connectivity index is 1.17. The predicted molar refractivity (Wildman–Crippen MR) is 150 cm³/mol. The van der Waals surface area contributed by atoms with Gasteiger partial charge < -0.3 is 20.3 Å². The molecule has 2 aromatic rings. The van der Waals surface area contributed by atoms with Crippen LogP contribution in [0.2, 0.25) is 0 Å². The molecule has 2 fully saturated rings. The molecule has 1 aliphatic heterocycles. The minimum absolute atomic E-state index is 0.0213. The van der Waals surface area contributed by atoms with Gasteiger partial charge in [-0.2, -0.15) is 13.2 Å². The Morgan fingerprint density at radius 2 is 1.62 bits per heavy atom. The third kappa shape index (κ3) is 7.81. The number of hydrogen-bond acceptors (Lipinski definition) is 7. The molecule has 0 radical (unpaired) electrons. The Kier molecular flexibility index (Phi) is 9.83. The molecule has 1 saturated heterocycles. The number of hydrogen-bond donors (Lipinski definition) is 2. The van der Waals surface area contributed by atoms with Gasteiger partial charge in [0.2, 0.25) is 5.91 Å². The van der Waals surface area contributed by atoms with Crippen molar-refractivity contribution in [3.05, 3.63) is 57.6 Å². The zero-order valence-corrected chi connectivity index (χ0v) is 23.4. The number of carbonyl (C=O) groups is 1. The number of nitrogens with one attached hydrogen (secondary N) is 2. The molecule has 12 heteroatoms. The number of anilines is 2. The van der Waals surface area contributed by atoms with Gasteiger partial charge in [-0.25, -0.2) is 0 Å². The summed E-state index contributed by atoms with van der Waals surface area (Å²) in [7, 11) is 0. The van der Waals surface area contributed by atoms with E-state index in [1.807, 2.05) is 4.90 Å². The highest BCUT2D eigenvalue weighted by Gasteiger charge is 2.38. The van der Waals surface area contributed by atoms with E-state index < -0.39 is 22.4 Å². The number of nitro benzene ring substituents is 1. The number of benzene rings is 2. The highest BCUT2D eigenvalue weighted by molar-refractivity contribution is 7.98. The first-order valence-electron chi connectivity index (χ1n) is 13.5. The lowest BCUT2D eigenvalue weighted by Gasteiger charge is -2.34. The molecule has 0 aromatic heterocycles. The average Bonchev–Trinajstić information content (AvgIpc) is 2.92. The van der Waals surface area contributed by atoms with E-state index in [4.69, 9.17) is 4.74 Å². The number of thioether (sulfide) groups is 1. The van der Waals surface area contributed by atoms with Crippen molar-refractivity contribution in [2.45, 2.75) is 74.7 Å². The van der Waals surface area contributed by atoms with Crippen LogP contribution >= 0.6 is 11.8 Å². The number of halogens is 3. The minimum Gasteiger partial charge on any atom is -0.382 e. The molecule has 2 aliphatic rings. The Hall–Kier alpha value is -2.99. The number of rotatable bonds is 9. The largest absolute Gasteiger partial charge is 0.423 e. The second-order valence-corrected chi connectivity index (χ2v) is 11.2. The van der Waals surface area contributed by atoms with Crippen molar-refractivity contribution in [3.8, 4) is 0 Å². The van der Waals surface area contributed by atoms with Gasteiger partial charge >= 0.3 is 6.18 Å². The van der Waals surface area contributed by atoms with Crippen molar-refractivity contribution in [3.63, 3.8) is 0 Å². The summed E-state index contributed by atoms with van der Waals surface area (Å²) in [4.78, 5) is 25.8. The number of alkyl halides is 3. The van der Waals surface area contributed by atoms with Gasteiger partial charge in [0.25, 0.3) is 5.69 Å². The lowest BCUT2D eigenvalue weighted by molar-refractivity contribution is -0.388. The summed E-state index contributed by atoms with van der Waals surface area (Å²) in [5.74, 6) is -0.0237. The van der Waals surface area contributed by atoms with Crippen molar-refractivity contribution in [1.29, 1.82) is 0 Å². The minimum atomic E-state index is -4.82. The monoisotopic (exact) mass is 580 g/mol. The molecular weight excluding hydrogens is 545 g/mol. The first kappa shape index (κ1) is 30.0. The van der Waals surface area contributed by atoms with Gasteiger partial charge in [0, 0.05) is 47.5 Å². The number of ether oxygens (including phenoxy) is 1. The number of carbonyl (C=O) groups excluding carboxylic acids is 1. The highest BCUT2D eigenvalue weighted by Crippen LogP contribution is 2.38. The van der Waals surface area contributed by atoms with Gasteiger partial charge in [-0.15, -0.1) is 11.8 Å². The van der Waals surface area contributed by atoms with Crippen LogP contribution in [-0.2, 0) is 15.7 Å². The van der Waals surface area contributed by atoms with Crippen LogP contribution in [0.5, 0.6) is 0 Å². The van der Waals surface area contributed by atoms with Crippen LogP contribution in [0.15, 0.2) is 41.3 Å². The van der Waals surface area contributed by atoms with Crippen LogP contribution < -0.4 is 10.6 Å². The molecule has 1 amide bonds. The lowest BCUT2D eigenvalue weighted by atomic mass is 9.92. The van der Waals surface area contributed by atoms with Crippen LogP contribution in [0.25, 0.3) is 0 Å². The molecular formula is C28H35F3N4O4S. The number of amides is 1. The Morgan fingerprint density at radius 1 is 1.02 bits per heavy atom. The Labute approximate surface area is 236 Å². The van der Waals surface area contributed by atoms with E-state index in [0.29, 0.717) is 44.8 Å². The maximum atomic E-state index is 13.3. The van der Waals surface area contributed by atoms with Gasteiger partial charge in [-0.05, 0) is 87.6 Å². The fourth-order valence-electron chi connectivity index (χ4n) is 5.38. The summed E-state index contributed by atoms with van der Waals surface area (Å²) in [5.41, 5.74) is 0.313. The molecule has 0 atom stereocenters. The number of nitrogens with zero attached hydrogens (tertiary/aromatic N) is 2. The third-order valence-corrected chi connectivity index (χ3v) is 8.50. The van der Waals surface area contributed by atoms with Crippen molar-refractivity contribution >= 4 is 34.7 Å². The van der Waals surface area contributed by atoms with E-state index >= 15 is 0 Å². The molecule has 4 rings (SSSR count). The molecule has 1 saturated carbocycles. The van der Waals surface area contributed by atoms with E-state index in [9.17, 15) is 28.1 Å². The molecule has 1 aliphatic carbocycles. The second kappa shape index (κ2) is 13.1. The molecule has 2 N–H and O–H groups in total. The molecule has 0 spiro atoms. The third-order valence-electron chi connectivity index (χ3n) is 7.60. The fraction of sp³-hybridized carbons (Fsp3) is 0.536. The van der Waals surface area contributed by atoms with Crippen LogP contribution in [0.4, 0.5) is 30.2 Å². The van der Waals surface area contributed by atoms with Crippen molar-refractivity contribution in [2.24, 2.45) is 0 Å². The van der Waals surface area contributed by atoms with Gasteiger partial charge in [-0.3, -0.25) is 14.9 Å². The summed E-state index contributed by atoms with van der Waals surface area (Å²) in [6.07, 6.45) is 1.55. The van der Waals surface area contributed by atoms with Crippen LogP contribution in [0.1, 0.15) is 49.7 Å². The van der Waals surface area contributed by atoms with Crippen LogP contribution in [-0.4, -0.2) is 59.9 Å². The molecule has 0 unspecified atom stereocenters. The van der Waals surface area contributed by atoms with Crippen molar-refractivity contribution in [2.75, 3.05) is 36.6 Å². The predicted octanol–water partition coefficient (Wildman–Crippen LogP) is 6.49. The van der Waals surface area contributed by atoms with Crippen LogP contribution in [0.3, 0.4) is 0 Å². The number of aryl methyl sites for hydroxylation is 1. The zero-order valence-electron chi connectivity index (χ0n) is 22.6. The summed E-state index contributed by atoms with van der Waals surface area (Å²) in [6.45, 7) is 3.47. The summed E-state index contributed by atoms with van der Waals surface area (Å²) in [5, 5.41) is 17.6. The normalized spacial score (nSPS) is 20.3. The molecule has 0 bridgehead atoms. The van der Waals surface area contributed by atoms with E-state index in [1.165, 1.54) is 16.5 Å². The standard InChI is InChI=1S/C28H35F3N4O4S/c1-18-15-21(6-10-26(18)40-2)33-20-11-13-34(14-12-20)27(36)17-39-23-7-3-19(4-8-23)32-22-5-9-25(35(37)38)24(16-22)28(29,30)31/h5-6,9-10,15-16,19-20,23,32-33H,3-4,7-8,11-14,17H2,1-2H3. The molecule has 218 valence electrons. The number of piperidine rings is 1. The second-order valence-electron chi connectivity index (χ2n) is 10.4. The number of likely N-dealkylation sites (tertiary alicyclic amines) is 1. The van der Waals surface area contributed by atoms with E-state index in [0.717, 1.165) is 30.7 Å². The topological polar surface area (TPSA) is 96.7 Å². The van der Waals surface area contributed by atoms with Gasteiger partial charge in [0.15, 0.2) is 0 Å². The zero-order chi connectivity index (χ0) is 28.9. The molecule has 1 heterocycles. The summed E-state index contributed by atoms with van der Waals surface area (Å²) < 4.78 is 45.7. The lowest BCUT2D eigenvalue weighted by Crippen LogP contribution is -2.44. The number of nitro groups is 1. The summed E-state index contributed by atoms with van der Waals surface area (Å²) in [6, 6.07) is 9.60. The average molecular weight is 581 g/mol. The first-order chi connectivity index (χ1) is 19.0. The quantitative estimate of drug-likeness (QED) is 0.199. The van der Waals surface area contributed by atoms with E-state index in [1.54, 1.807) is 11.8 Å². The first-order valence-corrected chi connectivity index (χ1v) is 14.7. The van der Waals surface area contributed by atoms with Crippen LogP contribution in [0, 0.1) is 17.0 Å². The molecule has 8 nitrogen and oxygen atoms in total. The molecule has 40 heavy (non-hydrogen) atoms. The van der Waals surface area contributed by atoms with Gasteiger partial charge in [0.05, 0.1) is 11.0 Å². The highest BCUT2D eigenvalue weighted by atomic mass is 32.2. The van der Waals surface area contributed by atoms with Gasteiger partial charge in [-0.1, -0.05) is 0 Å². The SMILES string of the molecule is CSc1ccc(NC2CCN(C(=O)COC3CCC(Nc4ccc([N+](=O)[O-])c(C(F)(F)F)c4)CC3)CC2)cc1C. The van der Waals surface area contributed by atoms with Crippen molar-refractivity contribution in [1.82, 2.24) is 4.90 Å². The van der Waals surface area contributed by atoms with Crippen molar-refractivity contribution < 1.29 is 27.6 Å². The maximum Gasteiger partial charge on any atom is 0.423 e. The molecule has 2 aromatic carbocycles. The Morgan fingerprint density at radius 3 is 2.20 bits per heavy atom. The summed E-state index contributed by atoms with van der Waals surface area (Å²) >= 11 is 1.73. The van der Waals surface area contributed by atoms with Gasteiger partial charge in [0.1, 0.15) is 12.2 Å². The van der Waals surface area contributed by atoms with E-state index in [2.05, 4.69) is 42.0 Å². The van der Waals surface area contributed by atoms with E-state index in [-0.39, 0.29) is 30.3 Å². The maximum absolute atomic E-state index is 13.3. The Bertz CT molecular complexity index is 1200. The smallest absolute Gasteiger partial charge is 0.382 e.